The molecule has 1 aromatic carbocycles. The Morgan fingerprint density at radius 1 is 1.35 bits per heavy atom. The fraction of sp³-hybridized carbons (Fsp3) is 0.588. The van der Waals surface area contributed by atoms with E-state index in [1.807, 2.05) is 18.2 Å². The Balaban J connectivity index is 1.63. The lowest BCUT2D eigenvalue weighted by Gasteiger charge is -2.27. The number of fused-ring (bicyclic) bond motifs is 1. The standard InChI is InChI=1S/C17H25N3O3/c1-19-14-11-13(3-4-16(14)23-12-17(19)22)15(21)5-9-20-8-2-6-18-7-10-20/h3-4,11,15,18,21H,2,5-10,12H2,1H3. The van der Waals surface area contributed by atoms with Gasteiger partial charge in [-0.2, -0.15) is 0 Å². The number of likely N-dealkylation sites (N-methyl/N-ethyl adjacent to an activating group) is 1. The van der Waals surface area contributed by atoms with Crippen LogP contribution in [0.5, 0.6) is 5.75 Å². The molecule has 2 heterocycles. The second-order valence-electron chi connectivity index (χ2n) is 6.22. The molecule has 0 aliphatic carbocycles. The minimum atomic E-state index is -0.526. The Morgan fingerprint density at radius 2 is 2.22 bits per heavy atom. The van der Waals surface area contributed by atoms with Gasteiger partial charge in [0.15, 0.2) is 6.61 Å². The van der Waals surface area contributed by atoms with Gasteiger partial charge in [0.25, 0.3) is 5.91 Å². The third-order valence-electron chi connectivity index (χ3n) is 4.61. The summed E-state index contributed by atoms with van der Waals surface area (Å²) in [4.78, 5) is 15.7. The molecule has 1 atom stereocenters. The molecule has 1 saturated heterocycles. The van der Waals surface area contributed by atoms with E-state index in [9.17, 15) is 9.90 Å². The number of nitrogens with zero attached hydrogens (tertiary/aromatic N) is 2. The summed E-state index contributed by atoms with van der Waals surface area (Å²) in [5, 5.41) is 13.9. The zero-order valence-corrected chi connectivity index (χ0v) is 13.6. The summed E-state index contributed by atoms with van der Waals surface area (Å²) in [6, 6.07) is 5.59. The van der Waals surface area contributed by atoms with E-state index in [0.29, 0.717) is 12.2 Å². The van der Waals surface area contributed by atoms with E-state index in [1.165, 1.54) is 0 Å². The van der Waals surface area contributed by atoms with E-state index >= 15 is 0 Å². The molecule has 2 aliphatic rings. The van der Waals surface area contributed by atoms with Crippen molar-refractivity contribution in [3.8, 4) is 5.75 Å². The first kappa shape index (κ1) is 16.2. The number of ether oxygens (including phenoxy) is 1. The summed E-state index contributed by atoms with van der Waals surface area (Å²) < 4.78 is 5.42. The van der Waals surface area contributed by atoms with Crippen molar-refractivity contribution in [1.82, 2.24) is 10.2 Å². The van der Waals surface area contributed by atoms with Crippen LogP contribution in [0.2, 0.25) is 0 Å². The Kier molecular flexibility index (Phi) is 5.15. The van der Waals surface area contributed by atoms with Crippen LogP contribution in [-0.2, 0) is 4.79 Å². The molecule has 0 radical (unpaired) electrons. The maximum absolute atomic E-state index is 11.7. The van der Waals surface area contributed by atoms with Crippen LogP contribution in [0, 0.1) is 0 Å². The maximum atomic E-state index is 11.7. The SMILES string of the molecule is CN1C(=O)COc2ccc(C(O)CCN3CCCNCC3)cc21. The van der Waals surface area contributed by atoms with Gasteiger partial charge in [-0.15, -0.1) is 0 Å². The molecular formula is C17H25N3O3. The van der Waals surface area contributed by atoms with Gasteiger partial charge in [0.05, 0.1) is 11.8 Å². The number of carbonyl (C=O) groups is 1. The predicted octanol–water partition coefficient (Wildman–Crippen LogP) is 0.761. The molecule has 1 aromatic rings. The van der Waals surface area contributed by atoms with Crippen molar-refractivity contribution in [2.75, 3.05) is 51.3 Å². The highest BCUT2D eigenvalue weighted by Crippen LogP contribution is 2.34. The van der Waals surface area contributed by atoms with Crippen LogP contribution in [-0.4, -0.2) is 62.3 Å². The van der Waals surface area contributed by atoms with E-state index in [1.54, 1.807) is 11.9 Å². The van der Waals surface area contributed by atoms with Crippen molar-refractivity contribution in [3.63, 3.8) is 0 Å². The number of anilines is 1. The summed E-state index contributed by atoms with van der Waals surface area (Å²) in [6.45, 7) is 5.15. The Hall–Kier alpha value is -1.63. The monoisotopic (exact) mass is 319 g/mol. The van der Waals surface area contributed by atoms with E-state index in [-0.39, 0.29) is 12.5 Å². The van der Waals surface area contributed by atoms with Gasteiger partial charge in [-0.1, -0.05) is 6.07 Å². The van der Waals surface area contributed by atoms with Gasteiger partial charge in [-0.05, 0) is 43.6 Å². The van der Waals surface area contributed by atoms with Crippen molar-refractivity contribution < 1.29 is 14.6 Å². The molecule has 23 heavy (non-hydrogen) atoms. The molecule has 6 heteroatoms. The van der Waals surface area contributed by atoms with Crippen molar-refractivity contribution in [1.29, 1.82) is 0 Å². The van der Waals surface area contributed by atoms with Gasteiger partial charge in [0.1, 0.15) is 5.75 Å². The molecule has 0 spiro atoms. The average Bonchev–Trinajstić information content (AvgIpc) is 2.84. The number of hydrogen-bond acceptors (Lipinski definition) is 5. The summed E-state index contributed by atoms with van der Waals surface area (Å²) in [5.41, 5.74) is 1.57. The van der Waals surface area contributed by atoms with Crippen molar-refractivity contribution in [2.45, 2.75) is 18.9 Å². The minimum absolute atomic E-state index is 0.0683. The molecular weight excluding hydrogens is 294 g/mol. The highest BCUT2D eigenvalue weighted by molar-refractivity contribution is 5.97. The fourth-order valence-electron chi connectivity index (χ4n) is 3.09. The van der Waals surface area contributed by atoms with Crippen LogP contribution in [0.1, 0.15) is 24.5 Å². The molecule has 0 bridgehead atoms. The number of aliphatic hydroxyl groups is 1. The quantitative estimate of drug-likeness (QED) is 0.858. The molecule has 2 N–H and O–H groups in total. The van der Waals surface area contributed by atoms with Crippen LogP contribution >= 0.6 is 0 Å². The third-order valence-corrected chi connectivity index (χ3v) is 4.61. The molecule has 126 valence electrons. The molecule has 1 fully saturated rings. The highest BCUT2D eigenvalue weighted by atomic mass is 16.5. The molecule has 1 unspecified atom stereocenters. The lowest BCUT2D eigenvalue weighted by atomic mass is 10.0. The van der Waals surface area contributed by atoms with Gasteiger partial charge in [0.2, 0.25) is 0 Å². The van der Waals surface area contributed by atoms with E-state index in [4.69, 9.17) is 4.74 Å². The summed E-state index contributed by atoms with van der Waals surface area (Å²) in [6.07, 6.45) is 1.32. The van der Waals surface area contributed by atoms with Crippen LogP contribution in [0.25, 0.3) is 0 Å². The molecule has 0 saturated carbocycles. The first-order valence-corrected chi connectivity index (χ1v) is 8.29. The van der Waals surface area contributed by atoms with Crippen molar-refractivity contribution in [3.05, 3.63) is 23.8 Å². The molecule has 1 amide bonds. The summed E-state index contributed by atoms with van der Waals surface area (Å²) in [7, 11) is 1.74. The summed E-state index contributed by atoms with van der Waals surface area (Å²) >= 11 is 0. The number of benzene rings is 1. The highest BCUT2D eigenvalue weighted by Gasteiger charge is 2.23. The molecule has 2 aliphatic heterocycles. The number of rotatable bonds is 4. The van der Waals surface area contributed by atoms with Crippen LogP contribution < -0.4 is 15.0 Å². The summed E-state index contributed by atoms with van der Waals surface area (Å²) in [5.74, 6) is 0.628. The second kappa shape index (κ2) is 7.29. The Bertz CT molecular complexity index is 556. The number of amides is 1. The zero-order chi connectivity index (χ0) is 16.2. The van der Waals surface area contributed by atoms with Gasteiger partial charge < -0.3 is 25.0 Å². The largest absolute Gasteiger partial charge is 0.482 e. The first-order chi connectivity index (χ1) is 11.1. The van der Waals surface area contributed by atoms with Crippen LogP contribution in [0.15, 0.2) is 18.2 Å². The predicted molar refractivity (Wildman–Crippen MR) is 88.9 cm³/mol. The minimum Gasteiger partial charge on any atom is -0.482 e. The average molecular weight is 319 g/mol. The lowest BCUT2D eigenvalue weighted by molar-refractivity contribution is -0.120. The third kappa shape index (κ3) is 3.83. The van der Waals surface area contributed by atoms with E-state index in [0.717, 1.165) is 50.4 Å². The topological polar surface area (TPSA) is 65.0 Å². The van der Waals surface area contributed by atoms with Gasteiger partial charge in [0, 0.05) is 26.7 Å². The molecule has 6 nitrogen and oxygen atoms in total. The Labute approximate surface area is 137 Å². The molecule has 3 rings (SSSR count). The fourth-order valence-corrected chi connectivity index (χ4v) is 3.09. The lowest BCUT2D eigenvalue weighted by Crippen LogP contribution is -2.35. The Morgan fingerprint density at radius 3 is 3.09 bits per heavy atom. The number of carbonyl (C=O) groups excluding carboxylic acids is 1. The van der Waals surface area contributed by atoms with Crippen LogP contribution in [0.4, 0.5) is 5.69 Å². The molecule has 0 aromatic heterocycles. The van der Waals surface area contributed by atoms with E-state index < -0.39 is 6.10 Å². The van der Waals surface area contributed by atoms with Crippen molar-refractivity contribution in [2.24, 2.45) is 0 Å². The normalized spacial score (nSPS) is 20.6. The second-order valence-corrected chi connectivity index (χ2v) is 6.22. The smallest absolute Gasteiger partial charge is 0.264 e. The first-order valence-electron chi connectivity index (χ1n) is 8.29. The number of aliphatic hydroxyl groups excluding tert-OH is 1. The zero-order valence-electron chi connectivity index (χ0n) is 13.6. The van der Waals surface area contributed by atoms with Gasteiger partial charge in [-0.3, -0.25) is 4.79 Å². The van der Waals surface area contributed by atoms with Gasteiger partial charge >= 0.3 is 0 Å². The maximum Gasteiger partial charge on any atom is 0.264 e. The van der Waals surface area contributed by atoms with Crippen molar-refractivity contribution >= 4 is 11.6 Å². The van der Waals surface area contributed by atoms with E-state index in [2.05, 4.69) is 10.2 Å². The van der Waals surface area contributed by atoms with Gasteiger partial charge in [-0.25, -0.2) is 0 Å². The van der Waals surface area contributed by atoms with Crippen LogP contribution in [0.3, 0.4) is 0 Å². The number of hydrogen-bond donors (Lipinski definition) is 2. The number of nitrogens with one attached hydrogen (secondary N) is 1.